The molecular formula is C38H42ClN3O6S. The summed E-state index contributed by atoms with van der Waals surface area (Å²) < 4.78 is 40.5. The largest absolute Gasteiger partial charge is 0.493 e. The third kappa shape index (κ3) is 9.13. The minimum absolute atomic E-state index is 0.00823. The van der Waals surface area contributed by atoms with Crippen LogP contribution in [-0.2, 0) is 32.6 Å². The van der Waals surface area contributed by atoms with Crippen LogP contribution in [0.2, 0.25) is 5.02 Å². The van der Waals surface area contributed by atoms with Crippen LogP contribution >= 0.6 is 11.6 Å². The fraction of sp³-hybridized carbons (Fsp3) is 0.316. The Morgan fingerprint density at radius 3 is 2.12 bits per heavy atom. The van der Waals surface area contributed by atoms with Gasteiger partial charge >= 0.3 is 0 Å². The summed E-state index contributed by atoms with van der Waals surface area (Å²) in [5.74, 6) is -0.232. The van der Waals surface area contributed by atoms with Gasteiger partial charge in [-0.2, -0.15) is 0 Å². The zero-order valence-electron chi connectivity index (χ0n) is 27.8. The maximum absolute atomic E-state index is 14.7. The summed E-state index contributed by atoms with van der Waals surface area (Å²) in [4.78, 5) is 30.3. The standard InChI is InChI=1S/C38H42ClN3O6S/c1-47-35-22-21-33(25-36(35)48-2)49(45,46)42(32-19-10-5-11-20-32)27-37(43)41(26-29-15-12-16-30(39)23-29)34(24-28-13-6-3-7-14-28)38(44)40-31-17-8-4-9-18-31/h3,5-7,10-16,19-23,25,31,34H,4,8-9,17-18,24,26-27H2,1-2H3,(H,40,44)/t34-/m1/s1. The van der Waals surface area contributed by atoms with E-state index < -0.39 is 28.5 Å². The van der Waals surface area contributed by atoms with Gasteiger partial charge < -0.3 is 19.7 Å². The van der Waals surface area contributed by atoms with Crippen molar-refractivity contribution in [2.45, 2.75) is 62.0 Å². The smallest absolute Gasteiger partial charge is 0.264 e. The number of para-hydroxylation sites is 1. The zero-order valence-corrected chi connectivity index (χ0v) is 29.3. The number of methoxy groups -OCH3 is 2. The summed E-state index contributed by atoms with van der Waals surface area (Å²) in [5, 5.41) is 3.70. The van der Waals surface area contributed by atoms with Gasteiger partial charge in [-0.3, -0.25) is 13.9 Å². The molecule has 2 amide bonds. The summed E-state index contributed by atoms with van der Waals surface area (Å²) >= 11 is 6.36. The first kappa shape index (κ1) is 35.8. The fourth-order valence-electron chi connectivity index (χ4n) is 6.16. The lowest BCUT2D eigenvalue weighted by Crippen LogP contribution is -2.55. The molecule has 0 saturated heterocycles. The van der Waals surface area contributed by atoms with Crippen LogP contribution in [0.1, 0.15) is 43.2 Å². The van der Waals surface area contributed by atoms with E-state index in [2.05, 4.69) is 5.32 Å². The molecule has 258 valence electrons. The first-order valence-corrected chi connectivity index (χ1v) is 18.2. The third-order valence-corrected chi connectivity index (χ3v) is 10.7. The van der Waals surface area contributed by atoms with E-state index in [1.54, 1.807) is 48.5 Å². The summed E-state index contributed by atoms with van der Waals surface area (Å²) in [5.41, 5.74) is 1.87. The van der Waals surface area contributed by atoms with E-state index in [1.165, 1.54) is 37.3 Å². The van der Waals surface area contributed by atoms with E-state index in [0.717, 1.165) is 42.0 Å². The van der Waals surface area contributed by atoms with Gasteiger partial charge in [-0.05, 0) is 60.4 Å². The second kappa shape index (κ2) is 16.7. The second-order valence-corrected chi connectivity index (χ2v) is 14.4. The Labute approximate surface area is 293 Å². The molecule has 1 aliphatic rings. The van der Waals surface area contributed by atoms with Crippen molar-refractivity contribution in [3.05, 3.63) is 119 Å². The molecule has 4 aromatic carbocycles. The summed E-state index contributed by atoms with van der Waals surface area (Å²) in [6, 6.07) is 28.4. The van der Waals surface area contributed by atoms with Crippen LogP contribution in [0, 0.1) is 0 Å². The molecule has 9 nitrogen and oxygen atoms in total. The molecule has 1 atom stereocenters. The Morgan fingerprint density at radius 2 is 1.47 bits per heavy atom. The van der Waals surface area contributed by atoms with Gasteiger partial charge in [0.15, 0.2) is 11.5 Å². The molecule has 0 spiro atoms. The SMILES string of the molecule is COc1ccc(S(=O)(=O)N(CC(=O)N(Cc2cccc(Cl)c2)[C@H](Cc2ccccc2)C(=O)NC2CCCCC2)c2ccccc2)cc1OC. The van der Waals surface area contributed by atoms with Gasteiger partial charge in [0, 0.05) is 30.1 Å². The van der Waals surface area contributed by atoms with Crippen LogP contribution < -0.4 is 19.1 Å². The zero-order chi connectivity index (χ0) is 34.8. The van der Waals surface area contributed by atoms with Gasteiger partial charge in [-0.25, -0.2) is 8.42 Å². The molecule has 49 heavy (non-hydrogen) atoms. The predicted octanol–water partition coefficient (Wildman–Crippen LogP) is 6.64. The first-order valence-electron chi connectivity index (χ1n) is 16.4. The quantitative estimate of drug-likeness (QED) is 0.158. The molecule has 4 aromatic rings. The van der Waals surface area contributed by atoms with Crippen molar-refractivity contribution in [3.63, 3.8) is 0 Å². The Balaban J connectivity index is 1.56. The van der Waals surface area contributed by atoms with Crippen LogP contribution in [0.5, 0.6) is 11.5 Å². The maximum atomic E-state index is 14.7. The third-order valence-electron chi connectivity index (χ3n) is 8.73. The van der Waals surface area contributed by atoms with Crippen molar-refractivity contribution in [2.75, 3.05) is 25.1 Å². The number of halogens is 1. The van der Waals surface area contributed by atoms with E-state index >= 15 is 0 Å². The van der Waals surface area contributed by atoms with Crippen LogP contribution in [0.4, 0.5) is 5.69 Å². The predicted molar refractivity (Wildman–Crippen MR) is 191 cm³/mol. The molecule has 1 N–H and O–H groups in total. The molecule has 1 fully saturated rings. The summed E-state index contributed by atoms with van der Waals surface area (Å²) in [7, 11) is -1.43. The number of rotatable bonds is 14. The van der Waals surface area contributed by atoms with Crippen molar-refractivity contribution >= 4 is 39.1 Å². The lowest BCUT2D eigenvalue weighted by atomic mass is 9.94. The average molecular weight is 704 g/mol. The lowest BCUT2D eigenvalue weighted by Gasteiger charge is -2.35. The Kier molecular flexibility index (Phi) is 12.2. The lowest BCUT2D eigenvalue weighted by molar-refractivity contribution is -0.140. The number of ether oxygens (including phenoxy) is 2. The van der Waals surface area contributed by atoms with Crippen LogP contribution in [0.3, 0.4) is 0 Å². The molecule has 0 unspecified atom stereocenters. The number of carbonyl (C=O) groups is 2. The Morgan fingerprint density at radius 1 is 0.816 bits per heavy atom. The summed E-state index contributed by atoms with van der Waals surface area (Å²) in [6.45, 7) is -0.530. The minimum Gasteiger partial charge on any atom is -0.493 e. The number of sulfonamides is 1. The maximum Gasteiger partial charge on any atom is 0.264 e. The topological polar surface area (TPSA) is 105 Å². The number of nitrogens with one attached hydrogen (secondary N) is 1. The molecule has 1 aliphatic carbocycles. The highest BCUT2D eigenvalue weighted by Crippen LogP contribution is 2.32. The van der Waals surface area contributed by atoms with Crippen LogP contribution in [0.15, 0.2) is 108 Å². The van der Waals surface area contributed by atoms with Crippen molar-refractivity contribution in [2.24, 2.45) is 0 Å². The molecule has 11 heteroatoms. The first-order chi connectivity index (χ1) is 23.7. The Hall–Kier alpha value is -4.54. The summed E-state index contributed by atoms with van der Waals surface area (Å²) in [6.07, 6.45) is 5.16. The van der Waals surface area contributed by atoms with Gasteiger partial charge in [0.2, 0.25) is 11.8 Å². The van der Waals surface area contributed by atoms with Gasteiger partial charge in [-0.1, -0.05) is 91.5 Å². The van der Waals surface area contributed by atoms with Gasteiger partial charge in [-0.15, -0.1) is 0 Å². The number of anilines is 1. The normalized spacial score (nSPS) is 14.0. The van der Waals surface area contributed by atoms with E-state index in [4.69, 9.17) is 21.1 Å². The highest BCUT2D eigenvalue weighted by Gasteiger charge is 2.35. The molecule has 0 bridgehead atoms. The molecule has 0 aliphatic heterocycles. The van der Waals surface area contributed by atoms with E-state index in [0.29, 0.717) is 22.0 Å². The van der Waals surface area contributed by atoms with Crippen molar-refractivity contribution in [3.8, 4) is 11.5 Å². The average Bonchev–Trinajstić information content (AvgIpc) is 3.12. The van der Waals surface area contributed by atoms with Crippen molar-refractivity contribution in [1.29, 1.82) is 0 Å². The number of nitrogens with zero attached hydrogens (tertiary/aromatic N) is 2. The highest BCUT2D eigenvalue weighted by atomic mass is 35.5. The van der Waals surface area contributed by atoms with Gasteiger partial charge in [0.1, 0.15) is 12.6 Å². The minimum atomic E-state index is -4.32. The van der Waals surface area contributed by atoms with Crippen molar-refractivity contribution in [1.82, 2.24) is 10.2 Å². The molecule has 0 heterocycles. The number of hydrogen-bond acceptors (Lipinski definition) is 6. The van der Waals surface area contributed by atoms with E-state index in [1.807, 2.05) is 36.4 Å². The molecule has 1 saturated carbocycles. The molecular weight excluding hydrogens is 662 g/mol. The second-order valence-electron chi connectivity index (χ2n) is 12.1. The Bertz CT molecular complexity index is 1820. The van der Waals surface area contributed by atoms with Crippen molar-refractivity contribution < 1.29 is 27.5 Å². The number of carbonyl (C=O) groups excluding carboxylic acids is 2. The fourth-order valence-corrected chi connectivity index (χ4v) is 7.80. The number of amides is 2. The molecule has 0 aromatic heterocycles. The molecule has 0 radical (unpaired) electrons. The number of hydrogen-bond donors (Lipinski definition) is 1. The van der Waals surface area contributed by atoms with Gasteiger partial charge in [0.25, 0.3) is 10.0 Å². The monoisotopic (exact) mass is 703 g/mol. The van der Waals surface area contributed by atoms with E-state index in [-0.39, 0.29) is 35.6 Å². The van der Waals surface area contributed by atoms with Crippen LogP contribution in [-0.4, -0.2) is 58.0 Å². The molecule has 5 rings (SSSR count). The highest BCUT2D eigenvalue weighted by molar-refractivity contribution is 7.92. The van der Waals surface area contributed by atoms with E-state index in [9.17, 15) is 18.0 Å². The number of benzene rings is 4. The van der Waals surface area contributed by atoms with Crippen LogP contribution in [0.25, 0.3) is 0 Å². The van der Waals surface area contributed by atoms with Gasteiger partial charge in [0.05, 0.1) is 24.8 Å².